The fourth-order valence-corrected chi connectivity index (χ4v) is 2.63. The average Bonchev–Trinajstić information content (AvgIpc) is 2.54. The predicted octanol–water partition coefficient (Wildman–Crippen LogP) is 2.63. The maximum atomic E-state index is 10.3. The number of hydrogen-bond donors (Lipinski definition) is 1. The van der Waals surface area contributed by atoms with Crippen LogP contribution in [0.25, 0.3) is 0 Å². The molecule has 4 heteroatoms. The van der Waals surface area contributed by atoms with E-state index in [1.165, 1.54) is 0 Å². The first-order valence-corrected chi connectivity index (χ1v) is 7.57. The Kier molecular flexibility index (Phi) is 4.49. The molecule has 4 nitrogen and oxygen atoms in total. The molecule has 0 bridgehead atoms. The number of para-hydroxylation sites is 3. The summed E-state index contributed by atoms with van der Waals surface area (Å²) < 4.78 is 11.3. The quantitative estimate of drug-likeness (QED) is 0.921. The molecule has 2 aromatic carbocycles. The Balaban J connectivity index is 1.59. The van der Waals surface area contributed by atoms with Gasteiger partial charge in [0.1, 0.15) is 30.8 Å². The van der Waals surface area contributed by atoms with Crippen LogP contribution in [0.3, 0.4) is 0 Å². The van der Waals surface area contributed by atoms with Crippen LogP contribution in [0.4, 0.5) is 5.69 Å². The van der Waals surface area contributed by atoms with Gasteiger partial charge in [0, 0.05) is 6.54 Å². The molecule has 1 aliphatic heterocycles. The predicted molar refractivity (Wildman–Crippen MR) is 86.8 cm³/mol. The van der Waals surface area contributed by atoms with Crippen LogP contribution < -0.4 is 14.4 Å². The smallest absolute Gasteiger partial charge is 0.142 e. The molecule has 2 aromatic rings. The van der Waals surface area contributed by atoms with Gasteiger partial charge in [0.15, 0.2) is 0 Å². The van der Waals surface area contributed by atoms with Gasteiger partial charge in [-0.15, -0.1) is 0 Å². The summed E-state index contributed by atoms with van der Waals surface area (Å²) in [5.41, 5.74) is 2.11. The first kappa shape index (κ1) is 14.7. The third-order valence-corrected chi connectivity index (χ3v) is 3.78. The van der Waals surface area contributed by atoms with Crippen molar-refractivity contribution in [3.8, 4) is 11.5 Å². The van der Waals surface area contributed by atoms with Gasteiger partial charge in [-0.05, 0) is 30.7 Å². The molecule has 22 heavy (non-hydrogen) atoms. The summed E-state index contributed by atoms with van der Waals surface area (Å²) in [6.07, 6.45) is -0.550. The highest BCUT2D eigenvalue weighted by Crippen LogP contribution is 2.30. The van der Waals surface area contributed by atoms with Crippen molar-refractivity contribution < 1.29 is 14.6 Å². The number of fused-ring (bicyclic) bond motifs is 1. The van der Waals surface area contributed by atoms with Crippen LogP contribution in [0.5, 0.6) is 11.5 Å². The Morgan fingerprint density at radius 2 is 1.95 bits per heavy atom. The number of aryl methyl sites for hydroxylation is 1. The van der Waals surface area contributed by atoms with Crippen molar-refractivity contribution in [1.29, 1.82) is 0 Å². The third-order valence-electron chi connectivity index (χ3n) is 3.78. The maximum Gasteiger partial charge on any atom is 0.142 e. The van der Waals surface area contributed by atoms with Gasteiger partial charge in [-0.3, -0.25) is 0 Å². The molecule has 0 aromatic heterocycles. The Morgan fingerprint density at radius 1 is 1.18 bits per heavy atom. The number of benzene rings is 2. The molecule has 3 rings (SSSR count). The Labute approximate surface area is 130 Å². The second kappa shape index (κ2) is 6.71. The summed E-state index contributed by atoms with van der Waals surface area (Å²) in [6, 6.07) is 15.8. The van der Waals surface area contributed by atoms with Gasteiger partial charge < -0.3 is 19.5 Å². The van der Waals surface area contributed by atoms with Crippen LogP contribution in [0.1, 0.15) is 5.56 Å². The van der Waals surface area contributed by atoms with Crippen molar-refractivity contribution in [3.63, 3.8) is 0 Å². The monoisotopic (exact) mass is 299 g/mol. The molecule has 1 aliphatic rings. The van der Waals surface area contributed by atoms with Gasteiger partial charge in [0.2, 0.25) is 0 Å². The number of rotatable bonds is 5. The van der Waals surface area contributed by atoms with Crippen molar-refractivity contribution in [1.82, 2.24) is 0 Å². The van der Waals surface area contributed by atoms with E-state index in [-0.39, 0.29) is 6.61 Å². The van der Waals surface area contributed by atoms with Crippen LogP contribution in [0.2, 0.25) is 0 Å². The number of ether oxygens (including phenoxy) is 2. The average molecular weight is 299 g/mol. The molecule has 0 fully saturated rings. The van der Waals surface area contributed by atoms with Crippen LogP contribution in [-0.4, -0.2) is 37.5 Å². The van der Waals surface area contributed by atoms with Gasteiger partial charge >= 0.3 is 0 Å². The Morgan fingerprint density at radius 3 is 2.82 bits per heavy atom. The molecular weight excluding hydrogens is 278 g/mol. The number of hydrogen-bond acceptors (Lipinski definition) is 4. The van der Waals surface area contributed by atoms with Crippen LogP contribution in [-0.2, 0) is 0 Å². The van der Waals surface area contributed by atoms with Gasteiger partial charge in [-0.1, -0.05) is 30.3 Å². The lowest BCUT2D eigenvalue weighted by atomic mass is 10.2. The minimum absolute atomic E-state index is 0.282. The highest BCUT2D eigenvalue weighted by Gasteiger charge is 2.20. The second-order valence-electron chi connectivity index (χ2n) is 5.49. The van der Waals surface area contributed by atoms with Crippen LogP contribution >= 0.6 is 0 Å². The number of anilines is 1. The van der Waals surface area contributed by atoms with Crippen molar-refractivity contribution in [2.45, 2.75) is 13.0 Å². The lowest BCUT2D eigenvalue weighted by molar-refractivity contribution is 0.110. The largest absolute Gasteiger partial charge is 0.491 e. The normalized spacial score (nSPS) is 14.9. The molecule has 0 radical (unpaired) electrons. The molecule has 0 saturated heterocycles. The molecule has 0 aliphatic carbocycles. The minimum atomic E-state index is -0.550. The Bertz CT molecular complexity index is 629. The fourth-order valence-electron chi connectivity index (χ4n) is 2.63. The lowest BCUT2D eigenvalue weighted by Crippen LogP contribution is -2.40. The van der Waals surface area contributed by atoms with Crippen molar-refractivity contribution in [2.75, 3.05) is 31.2 Å². The maximum absolute atomic E-state index is 10.3. The number of nitrogens with zero attached hydrogens (tertiary/aromatic N) is 1. The zero-order valence-corrected chi connectivity index (χ0v) is 12.7. The summed E-state index contributed by atoms with van der Waals surface area (Å²) in [6.45, 7) is 4.23. The zero-order valence-electron chi connectivity index (χ0n) is 12.7. The van der Waals surface area contributed by atoms with Gasteiger partial charge in [0.05, 0.1) is 12.2 Å². The molecular formula is C18H21NO3. The van der Waals surface area contributed by atoms with E-state index in [0.29, 0.717) is 13.2 Å². The van der Waals surface area contributed by atoms with Crippen molar-refractivity contribution in [3.05, 3.63) is 54.1 Å². The fraction of sp³-hybridized carbons (Fsp3) is 0.333. The third kappa shape index (κ3) is 3.34. The van der Waals surface area contributed by atoms with E-state index < -0.39 is 6.10 Å². The molecule has 0 amide bonds. The first-order valence-electron chi connectivity index (χ1n) is 7.57. The van der Waals surface area contributed by atoms with Crippen LogP contribution in [0, 0.1) is 6.92 Å². The van der Waals surface area contributed by atoms with E-state index in [1.807, 2.05) is 55.5 Å². The molecule has 1 atom stereocenters. The molecule has 0 saturated carbocycles. The summed E-state index contributed by atoms with van der Waals surface area (Å²) in [4.78, 5) is 2.14. The van der Waals surface area contributed by atoms with E-state index in [9.17, 15) is 5.11 Å². The van der Waals surface area contributed by atoms with Gasteiger partial charge in [0.25, 0.3) is 0 Å². The topological polar surface area (TPSA) is 41.9 Å². The summed E-state index contributed by atoms with van der Waals surface area (Å²) in [7, 11) is 0. The lowest BCUT2D eigenvalue weighted by Gasteiger charge is -2.32. The second-order valence-corrected chi connectivity index (χ2v) is 5.49. The van der Waals surface area contributed by atoms with Crippen LogP contribution in [0.15, 0.2) is 48.5 Å². The van der Waals surface area contributed by atoms with E-state index in [0.717, 1.165) is 29.3 Å². The molecule has 0 unspecified atom stereocenters. The van der Waals surface area contributed by atoms with Crippen molar-refractivity contribution >= 4 is 5.69 Å². The van der Waals surface area contributed by atoms with E-state index >= 15 is 0 Å². The van der Waals surface area contributed by atoms with E-state index in [1.54, 1.807) is 0 Å². The van der Waals surface area contributed by atoms with E-state index in [2.05, 4.69) is 4.90 Å². The minimum Gasteiger partial charge on any atom is -0.491 e. The summed E-state index contributed by atoms with van der Waals surface area (Å²) in [5, 5.41) is 10.3. The SMILES string of the molecule is Cc1ccccc1OC[C@H](O)CN1CCOc2ccccc21. The molecule has 116 valence electrons. The molecule has 0 spiro atoms. The van der Waals surface area contributed by atoms with Gasteiger partial charge in [-0.25, -0.2) is 0 Å². The van der Waals surface area contributed by atoms with Crippen molar-refractivity contribution in [2.24, 2.45) is 0 Å². The highest BCUT2D eigenvalue weighted by molar-refractivity contribution is 5.59. The van der Waals surface area contributed by atoms with Gasteiger partial charge in [-0.2, -0.15) is 0 Å². The van der Waals surface area contributed by atoms with E-state index in [4.69, 9.17) is 9.47 Å². The summed E-state index contributed by atoms with van der Waals surface area (Å²) >= 11 is 0. The molecule has 1 heterocycles. The number of β-amino-alcohol motifs (C(OH)–C–C–N with tert-alkyl or cyclic N) is 1. The number of aliphatic hydroxyl groups excluding tert-OH is 1. The summed E-state index contributed by atoms with van der Waals surface area (Å²) in [5.74, 6) is 1.70. The standard InChI is InChI=1S/C18H21NO3/c1-14-6-2-4-8-17(14)22-13-15(20)12-19-10-11-21-18-9-5-3-7-16(18)19/h2-9,15,20H,10-13H2,1H3/t15-/m1/s1. The first-order chi connectivity index (χ1) is 10.7. The highest BCUT2D eigenvalue weighted by atomic mass is 16.5. The Hall–Kier alpha value is -2.20. The number of aliphatic hydroxyl groups is 1. The molecule has 1 N–H and O–H groups in total. The zero-order chi connectivity index (χ0) is 15.4.